The van der Waals surface area contributed by atoms with Crippen molar-refractivity contribution >= 4 is 34.8 Å². The minimum Gasteiger partial charge on any atom is -1.00 e. The third-order valence-electron chi connectivity index (χ3n) is 6.30. The SMILES string of the molecule is O=C(Nc1ccccc1C[P+](c1ccccc1)(c1ccccc1)c1ccccc1)c1ccccc1.[Cl-]. The van der Waals surface area contributed by atoms with E-state index in [4.69, 9.17) is 0 Å². The number of hydrogen-bond donors (Lipinski definition) is 1. The zero-order valence-corrected chi connectivity index (χ0v) is 21.4. The predicted octanol–water partition coefficient (Wildman–Crippen LogP) is 3.44. The molecule has 0 atom stereocenters. The molecule has 5 aromatic carbocycles. The molecular formula is C32H27ClNOP. The van der Waals surface area contributed by atoms with Gasteiger partial charge in [-0.3, -0.25) is 4.79 Å². The molecule has 178 valence electrons. The fourth-order valence-corrected chi connectivity index (χ4v) is 8.86. The number of rotatable bonds is 7. The van der Waals surface area contributed by atoms with Crippen LogP contribution in [0.5, 0.6) is 0 Å². The summed E-state index contributed by atoms with van der Waals surface area (Å²) >= 11 is 0. The van der Waals surface area contributed by atoms with Crippen LogP contribution in [-0.2, 0) is 6.16 Å². The molecule has 0 heterocycles. The van der Waals surface area contributed by atoms with Gasteiger partial charge in [0.25, 0.3) is 5.91 Å². The summed E-state index contributed by atoms with van der Waals surface area (Å²) in [5, 5.41) is 7.15. The van der Waals surface area contributed by atoms with Crippen molar-refractivity contribution in [2.24, 2.45) is 0 Å². The van der Waals surface area contributed by atoms with Crippen LogP contribution in [0, 0.1) is 0 Å². The molecule has 5 rings (SSSR count). The van der Waals surface area contributed by atoms with Crippen LogP contribution < -0.4 is 33.6 Å². The van der Waals surface area contributed by atoms with Crippen molar-refractivity contribution in [2.45, 2.75) is 6.16 Å². The van der Waals surface area contributed by atoms with Crippen molar-refractivity contribution in [3.8, 4) is 0 Å². The second-order valence-corrected chi connectivity index (χ2v) is 11.9. The van der Waals surface area contributed by atoms with Crippen LogP contribution in [0.2, 0.25) is 0 Å². The normalized spacial score (nSPS) is 10.8. The highest BCUT2D eigenvalue weighted by Gasteiger charge is 2.45. The maximum Gasteiger partial charge on any atom is 0.255 e. The third kappa shape index (κ3) is 5.26. The molecule has 0 saturated heterocycles. The molecular weight excluding hydrogens is 481 g/mol. The van der Waals surface area contributed by atoms with Crippen molar-refractivity contribution in [3.05, 3.63) is 157 Å². The first-order valence-corrected chi connectivity index (χ1v) is 13.7. The molecule has 4 heteroatoms. The molecule has 0 bridgehead atoms. The molecule has 0 aromatic heterocycles. The van der Waals surface area contributed by atoms with Crippen LogP contribution in [0.1, 0.15) is 15.9 Å². The molecule has 36 heavy (non-hydrogen) atoms. The summed E-state index contributed by atoms with van der Waals surface area (Å²) in [6, 6.07) is 50.0. The number of carbonyl (C=O) groups excluding carboxylic acids is 1. The molecule has 1 N–H and O–H groups in total. The third-order valence-corrected chi connectivity index (χ3v) is 10.7. The second-order valence-electron chi connectivity index (χ2n) is 8.45. The Morgan fingerprint density at radius 3 is 1.39 bits per heavy atom. The largest absolute Gasteiger partial charge is 1.00 e. The summed E-state index contributed by atoms with van der Waals surface area (Å²) in [6.07, 6.45) is 0.802. The summed E-state index contributed by atoms with van der Waals surface area (Å²) in [6.45, 7) is 0. The number of nitrogens with one attached hydrogen (secondary N) is 1. The fraction of sp³-hybridized carbons (Fsp3) is 0.0312. The average molecular weight is 508 g/mol. The Hall–Kier alpha value is -3.71. The Morgan fingerprint density at radius 2 is 0.917 bits per heavy atom. The molecule has 5 aromatic rings. The monoisotopic (exact) mass is 507 g/mol. The van der Waals surface area contributed by atoms with E-state index in [1.807, 2.05) is 42.5 Å². The standard InChI is InChI=1S/C32H26NOP.ClH/c34-32(26-15-5-1-6-16-26)33-31-24-14-13-17-27(31)25-35(28-18-7-2-8-19-28,29-20-9-3-10-21-29)30-22-11-4-12-23-30;/h1-24H,25H2;1H. The van der Waals surface area contributed by atoms with E-state index in [-0.39, 0.29) is 18.3 Å². The first-order chi connectivity index (χ1) is 17.3. The number of para-hydroxylation sites is 1. The van der Waals surface area contributed by atoms with Crippen LogP contribution in [0.25, 0.3) is 0 Å². The molecule has 0 aliphatic carbocycles. The Bertz CT molecular complexity index is 1300. The first-order valence-electron chi connectivity index (χ1n) is 11.8. The maximum absolute atomic E-state index is 13.0. The van der Waals surface area contributed by atoms with Crippen LogP contribution in [-0.4, -0.2) is 5.91 Å². The van der Waals surface area contributed by atoms with Crippen molar-refractivity contribution in [1.82, 2.24) is 0 Å². The maximum atomic E-state index is 13.0. The van der Waals surface area contributed by atoms with Gasteiger partial charge < -0.3 is 17.7 Å². The molecule has 0 fully saturated rings. The van der Waals surface area contributed by atoms with Crippen LogP contribution in [0.15, 0.2) is 146 Å². The Labute approximate surface area is 219 Å². The molecule has 0 unspecified atom stereocenters. The summed E-state index contributed by atoms with van der Waals surface area (Å²) in [5.41, 5.74) is 2.63. The molecule has 0 spiro atoms. The predicted molar refractivity (Wildman–Crippen MR) is 150 cm³/mol. The quantitative estimate of drug-likeness (QED) is 0.336. The second kappa shape index (κ2) is 11.8. The van der Waals surface area contributed by atoms with Gasteiger partial charge in [-0.25, -0.2) is 0 Å². The lowest BCUT2D eigenvalue weighted by molar-refractivity contribution is -0.0000143. The van der Waals surface area contributed by atoms with Gasteiger partial charge in [-0.15, -0.1) is 0 Å². The first kappa shape index (κ1) is 25.4. The van der Waals surface area contributed by atoms with Gasteiger partial charge in [-0.1, -0.05) is 91.0 Å². The zero-order valence-electron chi connectivity index (χ0n) is 19.8. The number of carbonyl (C=O) groups is 1. The van der Waals surface area contributed by atoms with Crippen LogP contribution in [0.4, 0.5) is 5.69 Å². The Balaban J connectivity index is 0.00000304. The lowest BCUT2D eigenvalue weighted by atomic mass is 10.1. The highest BCUT2D eigenvalue weighted by molar-refractivity contribution is 7.95. The van der Waals surface area contributed by atoms with E-state index < -0.39 is 7.26 Å². The van der Waals surface area contributed by atoms with Gasteiger partial charge in [0.1, 0.15) is 29.3 Å². The van der Waals surface area contributed by atoms with E-state index in [0.717, 1.165) is 17.4 Å². The Kier molecular flexibility index (Phi) is 8.33. The van der Waals surface area contributed by atoms with E-state index >= 15 is 0 Å². The van der Waals surface area contributed by atoms with Gasteiger partial charge in [0, 0.05) is 16.8 Å². The molecule has 1 amide bonds. The summed E-state index contributed by atoms with van der Waals surface area (Å²) in [7, 11) is -2.07. The average Bonchev–Trinajstić information content (AvgIpc) is 2.94. The van der Waals surface area contributed by atoms with Crippen molar-refractivity contribution in [1.29, 1.82) is 0 Å². The van der Waals surface area contributed by atoms with Crippen molar-refractivity contribution in [3.63, 3.8) is 0 Å². The number of halogens is 1. The van der Waals surface area contributed by atoms with E-state index in [9.17, 15) is 4.79 Å². The molecule has 0 radical (unpaired) electrons. The van der Waals surface area contributed by atoms with Crippen LogP contribution >= 0.6 is 7.26 Å². The zero-order chi connectivity index (χ0) is 23.9. The van der Waals surface area contributed by atoms with E-state index in [1.54, 1.807) is 0 Å². The highest BCUT2D eigenvalue weighted by Crippen LogP contribution is 2.58. The van der Waals surface area contributed by atoms with Crippen molar-refractivity contribution in [2.75, 3.05) is 5.32 Å². The number of hydrogen-bond acceptors (Lipinski definition) is 1. The number of benzene rings is 5. The topological polar surface area (TPSA) is 29.1 Å². The van der Waals surface area contributed by atoms with Gasteiger partial charge in [0.15, 0.2) is 0 Å². The molecule has 0 aliphatic rings. The lowest BCUT2D eigenvalue weighted by Crippen LogP contribution is -3.00. The van der Waals surface area contributed by atoms with Gasteiger partial charge in [-0.2, -0.15) is 0 Å². The minimum atomic E-state index is -2.07. The summed E-state index contributed by atoms with van der Waals surface area (Å²) < 4.78 is 0. The minimum absolute atomic E-state index is 0. The molecule has 2 nitrogen and oxygen atoms in total. The van der Waals surface area contributed by atoms with Gasteiger partial charge in [0.2, 0.25) is 0 Å². The van der Waals surface area contributed by atoms with E-state index in [2.05, 4.69) is 108 Å². The highest BCUT2D eigenvalue weighted by atomic mass is 35.5. The summed E-state index contributed by atoms with van der Waals surface area (Å²) in [4.78, 5) is 13.0. The molecule has 0 saturated carbocycles. The van der Waals surface area contributed by atoms with E-state index in [0.29, 0.717) is 5.56 Å². The van der Waals surface area contributed by atoms with Gasteiger partial charge >= 0.3 is 0 Å². The van der Waals surface area contributed by atoms with Gasteiger partial charge in [-0.05, 0) is 54.6 Å². The number of anilines is 1. The van der Waals surface area contributed by atoms with Gasteiger partial charge in [0.05, 0.1) is 0 Å². The fourth-order valence-electron chi connectivity index (χ4n) is 4.59. The van der Waals surface area contributed by atoms with E-state index in [1.165, 1.54) is 15.9 Å². The van der Waals surface area contributed by atoms with Crippen molar-refractivity contribution < 1.29 is 17.2 Å². The lowest BCUT2D eigenvalue weighted by Gasteiger charge is -2.28. The Morgan fingerprint density at radius 1 is 0.528 bits per heavy atom. The number of amides is 1. The smallest absolute Gasteiger partial charge is 0.255 e. The van der Waals surface area contributed by atoms with Crippen LogP contribution in [0.3, 0.4) is 0 Å². The summed E-state index contributed by atoms with van der Waals surface area (Å²) in [5.74, 6) is -0.0962. The molecule has 0 aliphatic heterocycles.